The van der Waals surface area contributed by atoms with Gasteiger partial charge >= 0.3 is 0 Å². The Morgan fingerprint density at radius 2 is 1.80 bits per heavy atom. The molecule has 0 fully saturated rings. The summed E-state index contributed by atoms with van der Waals surface area (Å²) in [5.74, 6) is 0. The minimum absolute atomic E-state index is 1.03. The minimum Gasteiger partial charge on any atom is -0.309 e. The Labute approximate surface area is 64.0 Å². The van der Waals surface area contributed by atoms with Crippen LogP contribution in [0.5, 0.6) is 0 Å². The molecule has 0 atom stereocenters. The van der Waals surface area contributed by atoms with Gasteiger partial charge in [0.15, 0.2) is 0 Å². The fourth-order valence-corrected chi connectivity index (χ4v) is 0.572. The molecular weight excluding hydrogens is 122 g/mol. The van der Waals surface area contributed by atoms with Crippen LogP contribution >= 0.6 is 0 Å². The Morgan fingerprint density at radius 3 is 2.10 bits per heavy atom. The van der Waals surface area contributed by atoms with Gasteiger partial charge in [0.1, 0.15) is 0 Å². The Balaban J connectivity index is 3.50. The van der Waals surface area contributed by atoms with Crippen molar-refractivity contribution in [1.82, 2.24) is 4.90 Å². The van der Waals surface area contributed by atoms with Crippen molar-refractivity contribution in [3.05, 3.63) is 24.3 Å². The fraction of sp³-hybridized carbons (Fsp3) is 0.556. The van der Waals surface area contributed by atoms with E-state index in [2.05, 4.69) is 32.2 Å². The third kappa shape index (κ3) is 4.33. The van der Waals surface area contributed by atoms with Gasteiger partial charge in [-0.05, 0) is 27.4 Å². The largest absolute Gasteiger partial charge is 0.309 e. The Kier molecular flexibility index (Phi) is 4.05. The Bertz CT molecular complexity index is 134. The number of hydrogen-bond acceptors (Lipinski definition) is 1. The first kappa shape index (κ1) is 9.44. The summed E-state index contributed by atoms with van der Waals surface area (Å²) in [6.45, 7) is 10.8. The Morgan fingerprint density at radius 1 is 1.30 bits per heavy atom. The highest BCUT2D eigenvalue weighted by molar-refractivity contribution is 5.22. The molecule has 0 rings (SSSR count). The predicted molar refractivity (Wildman–Crippen MR) is 47.1 cm³/mol. The molecule has 0 saturated heterocycles. The van der Waals surface area contributed by atoms with E-state index in [9.17, 15) is 0 Å². The summed E-state index contributed by atoms with van der Waals surface area (Å²) in [5.41, 5.74) is 2.26. The van der Waals surface area contributed by atoms with Crippen molar-refractivity contribution < 1.29 is 0 Å². The third-order valence-corrected chi connectivity index (χ3v) is 1.46. The summed E-state index contributed by atoms with van der Waals surface area (Å²) >= 11 is 0. The quantitative estimate of drug-likeness (QED) is 0.539. The molecule has 0 saturated carbocycles. The molecule has 0 N–H and O–H groups in total. The average Bonchev–Trinajstić information content (AvgIpc) is 1.82. The van der Waals surface area contributed by atoms with Gasteiger partial charge in [0.05, 0.1) is 0 Å². The molecule has 58 valence electrons. The van der Waals surface area contributed by atoms with Crippen LogP contribution in [-0.2, 0) is 0 Å². The van der Waals surface area contributed by atoms with Crippen LogP contribution in [0.3, 0.4) is 0 Å². The zero-order valence-corrected chi connectivity index (χ0v) is 7.28. The van der Waals surface area contributed by atoms with Crippen LogP contribution in [0.25, 0.3) is 0 Å². The van der Waals surface area contributed by atoms with Crippen LogP contribution in [0, 0.1) is 0 Å². The van der Waals surface area contributed by atoms with Crippen LogP contribution < -0.4 is 0 Å². The van der Waals surface area contributed by atoms with Gasteiger partial charge in [-0.2, -0.15) is 0 Å². The molecule has 0 aromatic carbocycles. The Hall–Kier alpha value is -0.560. The highest BCUT2D eigenvalue weighted by atomic mass is 15.0. The SMILES string of the molecule is C=C(C)C(=C)CCN(C)C. The van der Waals surface area contributed by atoms with E-state index < -0.39 is 0 Å². The number of hydrogen-bond donors (Lipinski definition) is 0. The summed E-state index contributed by atoms with van der Waals surface area (Å²) in [5, 5.41) is 0. The van der Waals surface area contributed by atoms with E-state index in [0.717, 1.165) is 24.1 Å². The topological polar surface area (TPSA) is 3.24 Å². The van der Waals surface area contributed by atoms with Crippen molar-refractivity contribution in [3.63, 3.8) is 0 Å². The maximum atomic E-state index is 3.90. The van der Waals surface area contributed by atoms with Gasteiger partial charge in [0.2, 0.25) is 0 Å². The van der Waals surface area contributed by atoms with Crippen molar-refractivity contribution in [1.29, 1.82) is 0 Å². The molecule has 10 heavy (non-hydrogen) atoms. The molecule has 1 heteroatoms. The second-order valence-electron chi connectivity index (χ2n) is 2.94. The molecule has 0 aliphatic carbocycles. The van der Waals surface area contributed by atoms with Crippen molar-refractivity contribution in [2.75, 3.05) is 20.6 Å². The van der Waals surface area contributed by atoms with Gasteiger partial charge in [0, 0.05) is 6.54 Å². The fourth-order valence-electron chi connectivity index (χ4n) is 0.572. The molecule has 0 spiro atoms. The van der Waals surface area contributed by atoms with Crippen molar-refractivity contribution in [2.45, 2.75) is 13.3 Å². The highest BCUT2D eigenvalue weighted by Gasteiger charge is 1.94. The first-order valence-electron chi connectivity index (χ1n) is 3.52. The second kappa shape index (κ2) is 4.29. The van der Waals surface area contributed by atoms with Crippen LogP contribution in [-0.4, -0.2) is 25.5 Å². The first-order chi connectivity index (χ1) is 4.54. The standard InChI is InChI=1S/C9H17N/c1-8(2)9(3)6-7-10(4)5/h1,3,6-7H2,2,4-5H3. The summed E-state index contributed by atoms with van der Waals surface area (Å²) < 4.78 is 0. The molecule has 0 amide bonds. The lowest BCUT2D eigenvalue weighted by atomic mass is 10.1. The molecule has 0 aliphatic rings. The second-order valence-corrected chi connectivity index (χ2v) is 2.94. The van der Waals surface area contributed by atoms with Crippen LogP contribution in [0.4, 0.5) is 0 Å². The molecule has 0 bridgehead atoms. The monoisotopic (exact) mass is 139 g/mol. The van der Waals surface area contributed by atoms with Gasteiger partial charge in [-0.25, -0.2) is 0 Å². The molecule has 0 radical (unpaired) electrons. The maximum Gasteiger partial charge on any atom is 0.00156 e. The van der Waals surface area contributed by atoms with E-state index in [1.807, 2.05) is 6.92 Å². The van der Waals surface area contributed by atoms with Crippen molar-refractivity contribution >= 4 is 0 Å². The van der Waals surface area contributed by atoms with Crippen LogP contribution in [0.15, 0.2) is 24.3 Å². The van der Waals surface area contributed by atoms with E-state index in [1.165, 1.54) is 0 Å². The average molecular weight is 139 g/mol. The summed E-state index contributed by atoms with van der Waals surface area (Å²) in [7, 11) is 4.12. The predicted octanol–water partition coefficient (Wildman–Crippen LogP) is 2.07. The zero-order chi connectivity index (χ0) is 8.15. The van der Waals surface area contributed by atoms with E-state index in [1.54, 1.807) is 0 Å². The van der Waals surface area contributed by atoms with Gasteiger partial charge in [-0.15, -0.1) is 0 Å². The summed E-state index contributed by atoms with van der Waals surface area (Å²) in [4.78, 5) is 2.15. The van der Waals surface area contributed by atoms with E-state index >= 15 is 0 Å². The minimum atomic E-state index is 1.03. The van der Waals surface area contributed by atoms with E-state index in [4.69, 9.17) is 0 Å². The molecule has 0 unspecified atom stereocenters. The van der Waals surface area contributed by atoms with Gasteiger partial charge < -0.3 is 4.90 Å². The normalized spacial score (nSPS) is 10.0. The number of allylic oxidation sites excluding steroid dienone is 1. The van der Waals surface area contributed by atoms with Crippen LogP contribution in [0.1, 0.15) is 13.3 Å². The lowest BCUT2D eigenvalue weighted by Gasteiger charge is -2.10. The maximum absolute atomic E-state index is 3.90. The molecule has 1 nitrogen and oxygen atoms in total. The lowest BCUT2D eigenvalue weighted by molar-refractivity contribution is 0.414. The zero-order valence-electron chi connectivity index (χ0n) is 7.28. The number of nitrogens with zero attached hydrogens (tertiary/aromatic N) is 1. The van der Waals surface area contributed by atoms with Crippen molar-refractivity contribution in [2.24, 2.45) is 0 Å². The summed E-state index contributed by atoms with van der Waals surface area (Å²) in [6, 6.07) is 0. The van der Waals surface area contributed by atoms with Crippen LogP contribution in [0.2, 0.25) is 0 Å². The molecular formula is C9H17N. The molecule has 0 heterocycles. The van der Waals surface area contributed by atoms with E-state index in [-0.39, 0.29) is 0 Å². The molecule has 0 aromatic heterocycles. The third-order valence-electron chi connectivity index (χ3n) is 1.46. The first-order valence-corrected chi connectivity index (χ1v) is 3.52. The van der Waals surface area contributed by atoms with Crippen molar-refractivity contribution in [3.8, 4) is 0 Å². The van der Waals surface area contributed by atoms with Gasteiger partial charge in [-0.1, -0.05) is 24.3 Å². The smallest absolute Gasteiger partial charge is 0.00156 e. The molecule has 0 aromatic rings. The van der Waals surface area contributed by atoms with E-state index in [0.29, 0.717) is 0 Å². The highest BCUT2D eigenvalue weighted by Crippen LogP contribution is 2.07. The molecule has 0 aliphatic heterocycles. The number of rotatable bonds is 4. The summed E-state index contributed by atoms with van der Waals surface area (Å²) in [6.07, 6.45) is 1.03. The van der Waals surface area contributed by atoms with Gasteiger partial charge in [-0.3, -0.25) is 0 Å². The van der Waals surface area contributed by atoms with Gasteiger partial charge in [0.25, 0.3) is 0 Å². The lowest BCUT2D eigenvalue weighted by Crippen LogP contribution is -2.13.